The molecule has 6 nitrogen and oxygen atoms in total. The molecule has 1 saturated heterocycles. The van der Waals surface area contributed by atoms with Gasteiger partial charge in [-0.3, -0.25) is 19.5 Å². The van der Waals surface area contributed by atoms with Gasteiger partial charge >= 0.3 is 0 Å². The number of rotatable bonds is 6. The van der Waals surface area contributed by atoms with Gasteiger partial charge in [0.25, 0.3) is 0 Å². The van der Waals surface area contributed by atoms with Crippen LogP contribution in [0.1, 0.15) is 11.1 Å². The molecule has 1 aliphatic heterocycles. The zero-order valence-corrected chi connectivity index (χ0v) is 17.3. The highest BCUT2D eigenvalue weighted by Gasteiger charge is 2.22. The Bertz CT molecular complexity index is 1070. The Morgan fingerprint density at radius 3 is 2.58 bits per heavy atom. The molecule has 31 heavy (non-hydrogen) atoms. The number of hydrogen-bond donors (Lipinski definition) is 1. The number of carbonyl (C=O) groups is 2. The highest BCUT2D eigenvalue weighted by atomic mass is 19.1. The first-order valence-corrected chi connectivity index (χ1v) is 10.4. The fourth-order valence-electron chi connectivity index (χ4n) is 3.87. The van der Waals surface area contributed by atoms with E-state index in [1.807, 2.05) is 18.3 Å². The summed E-state index contributed by atoms with van der Waals surface area (Å²) in [5, 5.41) is 3.77. The number of piperazine rings is 1. The fraction of sp³-hybridized carbons (Fsp3) is 0.292. The van der Waals surface area contributed by atoms with Gasteiger partial charge in [-0.1, -0.05) is 36.4 Å². The van der Waals surface area contributed by atoms with Gasteiger partial charge in [-0.15, -0.1) is 0 Å². The maximum atomic E-state index is 13.2. The zero-order chi connectivity index (χ0) is 21.6. The molecule has 0 aliphatic carbocycles. The van der Waals surface area contributed by atoms with Crippen LogP contribution in [-0.4, -0.2) is 59.3 Å². The molecular weight excluding hydrogens is 395 g/mol. The molecule has 2 aromatic carbocycles. The van der Waals surface area contributed by atoms with Gasteiger partial charge in [0.05, 0.1) is 18.5 Å². The molecule has 3 aromatic rings. The van der Waals surface area contributed by atoms with Crippen LogP contribution in [0.3, 0.4) is 0 Å². The van der Waals surface area contributed by atoms with Crippen LogP contribution < -0.4 is 5.32 Å². The van der Waals surface area contributed by atoms with E-state index >= 15 is 0 Å². The first-order valence-electron chi connectivity index (χ1n) is 10.4. The van der Waals surface area contributed by atoms with Crippen molar-refractivity contribution >= 4 is 22.7 Å². The molecule has 1 N–H and O–H groups in total. The van der Waals surface area contributed by atoms with Gasteiger partial charge in [0.2, 0.25) is 11.8 Å². The molecule has 0 unspecified atom stereocenters. The van der Waals surface area contributed by atoms with E-state index in [9.17, 15) is 14.0 Å². The second kappa shape index (κ2) is 9.66. The lowest BCUT2D eigenvalue weighted by Gasteiger charge is -2.35. The van der Waals surface area contributed by atoms with Crippen molar-refractivity contribution < 1.29 is 14.0 Å². The molecule has 0 atom stereocenters. The molecule has 2 heterocycles. The van der Waals surface area contributed by atoms with Gasteiger partial charge in [-0.25, -0.2) is 4.39 Å². The Morgan fingerprint density at radius 2 is 1.77 bits per heavy atom. The van der Waals surface area contributed by atoms with Gasteiger partial charge in [-0.05, 0) is 29.3 Å². The fourth-order valence-corrected chi connectivity index (χ4v) is 3.87. The quantitative estimate of drug-likeness (QED) is 0.665. The molecular formula is C24H25FN4O2. The molecule has 2 amide bonds. The van der Waals surface area contributed by atoms with Crippen LogP contribution >= 0.6 is 0 Å². The number of fused-ring (bicyclic) bond motifs is 1. The van der Waals surface area contributed by atoms with Gasteiger partial charge in [-0.2, -0.15) is 0 Å². The van der Waals surface area contributed by atoms with Crippen LogP contribution in [0.2, 0.25) is 0 Å². The number of pyridine rings is 1. The van der Waals surface area contributed by atoms with Crippen LogP contribution in [0.15, 0.2) is 60.8 Å². The minimum absolute atomic E-state index is 0.0403. The largest absolute Gasteiger partial charge is 0.347 e. The summed E-state index contributed by atoms with van der Waals surface area (Å²) in [4.78, 5) is 33.1. The monoisotopic (exact) mass is 420 g/mol. The van der Waals surface area contributed by atoms with E-state index in [0.717, 1.165) is 30.5 Å². The second-order valence-corrected chi connectivity index (χ2v) is 7.73. The summed E-state index contributed by atoms with van der Waals surface area (Å²) in [6.45, 7) is 3.54. The number of amides is 2. The molecule has 0 saturated carbocycles. The first kappa shape index (κ1) is 20.9. The Hall–Kier alpha value is -3.32. The van der Waals surface area contributed by atoms with Crippen molar-refractivity contribution in [2.24, 2.45) is 0 Å². The highest BCUT2D eigenvalue weighted by molar-refractivity contribution is 5.86. The number of hydrogen-bond acceptors (Lipinski definition) is 4. The van der Waals surface area contributed by atoms with Crippen LogP contribution in [0.4, 0.5) is 4.39 Å². The zero-order valence-electron chi connectivity index (χ0n) is 17.3. The van der Waals surface area contributed by atoms with Crippen LogP contribution in [0.5, 0.6) is 0 Å². The Morgan fingerprint density at radius 1 is 1.00 bits per heavy atom. The highest BCUT2D eigenvalue weighted by Crippen LogP contribution is 2.18. The van der Waals surface area contributed by atoms with Crippen molar-refractivity contribution in [3.8, 4) is 0 Å². The molecule has 0 radical (unpaired) electrons. The van der Waals surface area contributed by atoms with Crippen molar-refractivity contribution in [3.63, 3.8) is 0 Å². The van der Waals surface area contributed by atoms with E-state index in [0.29, 0.717) is 18.7 Å². The molecule has 0 spiro atoms. The van der Waals surface area contributed by atoms with Crippen molar-refractivity contribution in [1.82, 2.24) is 20.1 Å². The third-order valence-corrected chi connectivity index (χ3v) is 5.53. The Balaban J connectivity index is 1.24. The number of para-hydroxylation sites is 1. The van der Waals surface area contributed by atoms with E-state index < -0.39 is 0 Å². The standard InChI is InChI=1S/C24H25FN4O2/c25-21-8-1-4-18(14-21)15-22(30)27-16-23(31)29-12-10-28(11-13-29)17-20-6-2-5-19-7-3-9-26-24(19)20/h1-9,14H,10-13,15-17H2,(H,27,30). The first-order chi connectivity index (χ1) is 15.1. The summed E-state index contributed by atoms with van der Waals surface area (Å²) in [6.07, 6.45) is 1.86. The van der Waals surface area contributed by atoms with E-state index in [2.05, 4.69) is 33.4 Å². The van der Waals surface area contributed by atoms with Crippen molar-refractivity contribution in [2.75, 3.05) is 32.7 Å². The number of carbonyl (C=O) groups excluding carboxylic acids is 2. The summed E-state index contributed by atoms with van der Waals surface area (Å²) < 4.78 is 13.2. The molecule has 160 valence electrons. The van der Waals surface area contributed by atoms with Gasteiger partial charge < -0.3 is 10.2 Å². The molecule has 0 bridgehead atoms. The Labute approximate surface area is 180 Å². The van der Waals surface area contributed by atoms with Gasteiger partial charge in [0, 0.05) is 44.3 Å². The number of benzene rings is 2. The van der Waals surface area contributed by atoms with Gasteiger partial charge in [0.1, 0.15) is 5.82 Å². The van der Waals surface area contributed by atoms with Crippen LogP contribution in [-0.2, 0) is 22.6 Å². The SMILES string of the molecule is O=C(Cc1cccc(F)c1)NCC(=O)N1CCN(Cc2cccc3cccnc23)CC1. The summed E-state index contributed by atoms with van der Waals surface area (Å²) in [6, 6.07) is 16.1. The van der Waals surface area contributed by atoms with Crippen LogP contribution in [0.25, 0.3) is 10.9 Å². The van der Waals surface area contributed by atoms with Crippen LogP contribution in [0, 0.1) is 5.82 Å². The van der Waals surface area contributed by atoms with E-state index in [1.54, 1.807) is 17.0 Å². The normalized spacial score (nSPS) is 14.5. The number of nitrogens with zero attached hydrogens (tertiary/aromatic N) is 3. The van der Waals surface area contributed by atoms with E-state index in [-0.39, 0.29) is 30.6 Å². The summed E-state index contributed by atoms with van der Waals surface area (Å²) >= 11 is 0. The molecule has 1 aromatic heterocycles. The Kier molecular flexibility index (Phi) is 6.52. The van der Waals surface area contributed by atoms with Crippen molar-refractivity contribution in [1.29, 1.82) is 0 Å². The molecule has 4 rings (SSSR count). The molecule has 1 aliphatic rings. The lowest BCUT2D eigenvalue weighted by atomic mass is 10.1. The van der Waals surface area contributed by atoms with Gasteiger partial charge in [0.15, 0.2) is 0 Å². The van der Waals surface area contributed by atoms with E-state index in [4.69, 9.17) is 0 Å². The molecule has 1 fully saturated rings. The summed E-state index contributed by atoms with van der Waals surface area (Å²) in [5.41, 5.74) is 2.79. The predicted octanol–water partition coefficient (Wildman–Crippen LogP) is 2.38. The summed E-state index contributed by atoms with van der Waals surface area (Å²) in [7, 11) is 0. The average Bonchev–Trinajstić information content (AvgIpc) is 2.78. The van der Waals surface area contributed by atoms with Crippen molar-refractivity contribution in [3.05, 3.63) is 77.7 Å². The second-order valence-electron chi connectivity index (χ2n) is 7.73. The third-order valence-electron chi connectivity index (χ3n) is 5.53. The average molecular weight is 420 g/mol. The topological polar surface area (TPSA) is 65.5 Å². The lowest BCUT2D eigenvalue weighted by molar-refractivity contribution is -0.134. The van der Waals surface area contributed by atoms with E-state index in [1.165, 1.54) is 17.7 Å². The van der Waals surface area contributed by atoms with Crippen molar-refractivity contribution in [2.45, 2.75) is 13.0 Å². The smallest absolute Gasteiger partial charge is 0.242 e. The minimum atomic E-state index is -0.376. The number of halogens is 1. The predicted molar refractivity (Wildman–Crippen MR) is 117 cm³/mol. The summed E-state index contributed by atoms with van der Waals surface area (Å²) in [5.74, 6) is -0.765. The third kappa shape index (κ3) is 5.44. The lowest BCUT2D eigenvalue weighted by Crippen LogP contribution is -2.51. The maximum Gasteiger partial charge on any atom is 0.242 e. The maximum absolute atomic E-state index is 13.2. The molecule has 7 heteroatoms. The minimum Gasteiger partial charge on any atom is -0.347 e. The number of nitrogens with one attached hydrogen (secondary N) is 1. The number of aromatic nitrogens is 1.